The summed E-state index contributed by atoms with van der Waals surface area (Å²) >= 11 is 4.86. The maximum absolute atomic E-state index is 13.5. The van der Waals surface area contributed by atoms with Gasteiger partial charge in [-0.3, -0.25) is 0 Å². The zero-order valence-electron chi connectivity index (χ0n) is 11.2. The molecule has 104 valence electrons. The van der Waals surface area contributed by atoms with Crippen LogP contribution in [0.2, 0.25) is 0 Å². The number of benzene rings is 2. The Morgan fingerprint density at radius 3 is 2.60 bits per heavy atom. The molecule has 2 N–H and O–H groups in total. The highest BCUT2D eigenvalue weighted by Crippen LogP contribution is 2.19. The quantitative estimate of drug-likeness (QED) is 0.852. The fourth-order valence-electron chi connectivity index (χ4n) is 1.92. The van der Waals surface area contributed by atoms with Crippen LogP contribution >= 0.6 is 12.2 Å². The molecule has 0 amide bonds. The van der Waals surface area contributed by atoms with Crippen LogP contribution in [0.3, 0.4) is 0 Å². The monoisotopic (exact) mass is 289 g/mol. The van der Waals surface area contributed by atoms with Crippen LogP contribution < -0.4 is 5.73 Å². The lowest BCUT2D eigenvalue weighted by Gasteiger charge is -2.14. The maximum Gasteiger partial charge on any atom is 0.124 e. The molecule has 2 aromatic carbocycles. The van der Waals surface area contributed by atoms with Crippen molar-refractivity contribution < 1.29 is 9.13 Å². The van der Waals surface area contributed by atoms with Crippen molar-refractivity contribution in [1.29, 1.82) is 0 Å². The predicted molar refractivity (Wildman–Crippen MR) is 81.9 cm³/mol. The van der Waals surface area contributed by atoms with Crippen molar-refractivity contribution in [3.05, 3.63) is 71.0 Å². The molecule has 0 aromatic heterocycles. The number of hydrogen-bond acceptors (Lipinski definition) is 2. The number of halogens is 1. The second-order valence-electron chi connectivity index (χ2n) is 4.58. The topological polar surface area (TPSA) is 35.2 Å². The Morgan fingerprint density at radius 2 is 1.95 bits per heavy atom. The summed E-state index contributed by atoms with van der Waals surface area (Å²) in [6.07, 6.45) is -0.0623. The Kier molecular flexibility index (Phi) is 4.82. The summed E-state index contributed by atoms with van der Waals surface area (Å²) in [6.45, 7) is 2.27. The van der Waals surface area contributed by atoms with Crippen molar-refractivity contribution >= 4 is 17.2 Å². The van der Waals surface area contributed by atoms with Gasteiger partial charge in [0, 0.05) is 5.56 Å². The molecule has 0 bridgehead atoms. The van der Waals surface area contributed by atoms with E-state index in [1.54, 1.807) is 6.07 Å². The van der Waals surface area contributed by atoms with Gasteiger partial charge in [-0.25, -0.2) is 4.39 Å². The third-order valence-electron chi connectivity index (χ3n) is 3.01. The Bertz CT molecular complexity index is 601. The second-order valence-corrected chi connectivity index (χ2v) is 5.02. The molecule has 0 aliphatic heterocycles. The van der Waals surface area contributed by atoms with Gasteiger partial charge in [0.15, 0.2) is 0 Å². The lowest BCUT2D eigenvalue weighted by atomic mass is 10.1. The highest BCUT2D eigenvalue weighted by molar-refractivity contribution is 7.80. The van der Waals surface area contributed by atoms with Gasteiger partial charge in [0.2, 0.25) is 0 Å². The second kappa shape index (κ2) is 6.59. The van der Waals surface area contributed by atoms with Crippen molar-refractivity contribution in [2.24, 2.45) is 5.73 Å². The van der Waals surface area contributed by atoms with Gasteiger partial charge in [0.25, 0.3) is 0 Å². The minimum absolute atomic E-state index is 0.0623. The zero-order valence-corrected chi connectivity index (χ0v) is 12.0. The summed E-state index contributed by atoms with van der Waals surface area (Å²) in [4.78, 5) is 0.182. The van der Waals surface area contributed by atoms with Crippen molar-refractivity contribution in [3.63, 3.8) is 0 Å². The minimum atomic E-state index is -0.360. The molecule has 0 aliphatic carbocycles. The maximum atomic E-state index is 13.5. The molecule has 0 saturated carbocycles. The van der Waals surface area contributed by atoms with Crippen LogP contribution in [-0.2, 0) is 11.3 Å². The zero-order chi connectivity index (χ0) is 14.5. The first-order valence-electron chi connectivity index (χ1n) is 6.32. The molecule has 0 saturated heterocycles. The van der Waals surface area contributed by atoms with Crippen LogP contribution in [0.15, 0.2) is 48.5 Å². The van der Waals surface area contributed by atoms with Crippen LogP contribution in [0.1, 0.15) is 29.7 Å². The molecule has 2 aromatic rings. The van der Waals surface area contributed by atoms with E-state index in [2.05, 4.69) is 0 Å². The van der Waals surface area contributed by atoms with Gasteiger partial charge in [-0.2, -0.15) is 0 Å². The van der Waals surface area contributed by atoms with Gasteiger partial charge in [-0.1, -0.05) is 42.5 Å². The number of hydrogen-bond donors (Lipinski definition) is 1. The van der Waals surface area contributed by atoms with Crippen molar-refractivity contribution in [2.75, 3.05) is 0 Å². The standard InChI is InChI=1S/C16H16FNOS/c1-11(13-5-3-2-4-6-13)19-10-12-7-14(16(18)20)9-15(17)8-12/h2-9,11H,10H2,1H3,(H2,18,20). The summed E-state index contributed by atoms with van der Waals surface area (Å²) in [6, 6.07) is 14.4. The van der Waals surface area contributed by atoms with Crippen LogP contribution in [0.5, 0.6) is 0 Å². The molecule has 0 fully saturated rings. The fraction of sp³-hybridized carbons (Fsp3) is 0.188. The van der Waals surface area contributed by atoms with E-state index >= 15 is 0 Å². The Balaban J connectivity index is 2.06. The normalized spacial score (nSPS) is 12.1. The largest absolute Gasteiger partial charge is 0.389 e. The molecule has 20 heavy (non-hydrogen) atoms. The smallest absolute Gasteiger partial charge is 0.124 e. The SMILES string of the molecule is CC(OCc1cc(F)cc(C(N)=S)c1)c1ccccc1. The molecule has 2 rings (SSSR count). The molecular formula is C16H16FNOS. The van der Waals surface area contributed by atoms with E-state index in [4.69, 9.17) is 22.7 Å². The number of thiocarbonyl (C=S) groups is 1. The van der Waals surface area contributed by atoms with Gasteiger partial charge < -0.3 is 10.5 Å². The summed E-state index contributed by atoms with van der Waals surface area (Å²) in [7, 11) is 0. The molecule has 2 nitrogen and oxygen atoms in total. The minimum Gasteiger partial charge on any atom is -0.389 e. The molecule has 4 heteroatoms. The summed E-state index contributed by atoms with van der Waals surface area (Å²) in [5.74, 6) is -0.360. The van der Waals surface area contributed by atoms with Gasteiger partial charge in [0.1, 0.15) is 10.8 Å². The van der Waals surface area contributed by atoms with Gasteiger partial charge in [0.05, 0.1) is 12.7 Å². The Morgan fingerprint density at radius 1 is 1.25 bits per heavy atom. The van der Waals surface area contributed by atoms with E-state index in [0.717, 1.165) is 11.1 Å². The van der Waals surface area contributed by atoms with Crippen molar-refractivity contribution in [2.45, 2.75) is 19.6 Å². The lowest BCUT2D eigenvalue weighted by molar-refractivity contribution is 0.0524. The molecule has 1 unspecified atom stereocenters. The summed E-state index contributed by atoms with van der Waals surface area (Å²) < 4.78 is 19.2. The van der Waals surface area contributed by atoms with E-state index < -0.39 is 0 Å². The average Bonchev–Trinajstić information content (AvgIpc) is 2.45. The van der Waals surface area contributed by atoms with Crippen molar-refractivity contribution in [3.8, 4) is 0 Å². The van der Waals surface area contributed by atoms with E-state index in [-0.39, 0.29) is 16.9 Å². The Hall–Kier alpha value is -1.78. The molecular weight excluding hydrogens is 273 g/mol. The molecule has 0 heterocycles. The first-order chi connectivity index (χ1) is 9.56. The first-order valence-corrected chi connectivity index (χ1v) is 6.73. The van der Waals surface area contributed by atoms with E-state index in [9.17, 15) is 4.39 Å². The Labute approximate surface area is 123 Å². The van der Waals surface area contributed by atoms with Crippen LogP contribution in [0.25, 0.3) is 0 Å². The van der Waals surface area contributed by atoms with Crippen LogP contribution in [0.4, 0.5) is 4.39 Å². The van der Waals surface area contributed by atoms with E-state index in [1.807, 2.05) is 37.3 Å². The highest BCUT2D eigenvalue weighted by Gasteiger charge is 2.07. The molecule has 0 radical (unpaired) electrons. The first kappa shape index (κ1) is 14.6. The van der Waals surface area contributed by atoms with Gasteiger partial charge in [-0.15, -0.1) is 0 Å². The van der Waals surface area contributed by atoms with Gasteiger partial charge in [-0.05, 0) is 36.2 Å². The van der Waals surface area contributed by atoms with Crippen LogP contribution in [-0.4, -0.2) is 4.99 Å². The van der Waals surface area contributed by atoms with Crippen molar-refractivity contribution in [1.82, 2.24) is 0 Å². The van der Waals surface area contributed by atoms with E-state index in [0.29, 0.717) is 12.2 Å². The lowest BCUT2D eigenvalue weighted by Crippen LogP contribution is -2.10. The predicted octanol–water partition coefficient (Wildman–Crippen LogP) is 3.74. The fourth-order valence-corrected chi connectivity index (χ4v) is 2.04. The molecule has 1 atom stereocenters. The average molecular weight is 289 g/mol. The highest BCUT2D eigenvalue weighted by atomic mass is 32.1. The number of rotatable bonds is 5. The molecule has 0 aliphatic rings. The summed E-state index contributed by atoms with van der Waals surface area (Å²) in [5.41, 5.74) is 7.84. The third-order valence-corrected chi connectivity index (χ3v) is 3.25. The number of ether oxygens (including phenoxy) is 1. The third kappa shape index (κ3) is 3.85. The van der Waals surface area contributed by atoms with E-state index in [1.165, 1.54) is 12.1 Å². The number of nitrogens with two attached hydrogens (primary N) is 1. The summed E-state index contributed by atoms with van der Waals surface area (Å²) in [5, 5.41) is 0. The molecule has 0 spiro atoms. The van der Waals surface area contributed by atoms with Crippen LogP contribution in [0, 0.1) is 5.82 Å². The van der Waals surface area contributed by atoms with Gasteiger partial charge >= 0.3 is 0 Å².